The molecule has 1 heteroatoms. The van der Waals surface area contributed by atoms with Crippen molar-refractivity contribution in [3.05, 3.63) is 66.5 Å². The summed E-state index contributed by atoms with van der Waals surface area (Å²) in [5.41, 5.74) is 7.34. The molecule has 0 unspecified atom stereocenters. The average Bonchev–Trinajstić information content (AvgIpc) is 2.65. The van der Waals surface area contributed by atoms with Crippen molar-refractivity contribution in [3.8, 4) is 0 Å². The minimum Gasteiger partial charge on any atom is -0.343 e. The van der Waals surface area contributed by atoms with Crippen molar-refractivity contribution in [2.24, 2.45) is 0 Å². The van der Waals surface area contributed by atoms with Gasteiger partial charge in [-0.25, -0.2) is 0 Å². The van der Waals surface area contributed by atoms with E-state index in [-0.39, 0.29) is 20.1 Å². The van der Waals surface area contributed by atoms with Crippen LogP contribution in [0.2, 0.25) is 0 Å². The number of rotatable bonds is 4. The summed E-state index contributed by atoms with van der Waals surface area (Å²) in [5.74, 6) is 0. The van der Waals surface area contributed by atoms with Gasteiger partial charge in [0.15, 0.2) is 0 Å². The van der Waals surface area contributed by atoms with Gasteiger partial charge in [0.05, 0.1) is 0 Å². The van der Waals surface area contributed by atoms with Crippen LogP contribution < -0.4 is 0 Å². The molecule has 0 atom stereocenters. The summed E-state index contributed by atoms with van der Waals surface area (Å²) in [6.45, 7) is 23.8. The predicted octanol–water partition coefficient (Wildman–Crippen LogP) is 6.91. The molecule has 0 aliphatic heterocycles. The monoisotopic (exact) mass is 480 g/mol. The van der Waals surface area contributed by atoms with E-state index in [1.807, 2.05) is 12.2 Å². The first-order valence-corrected chi connectivity index (χ1v) is 7.92. The van der Waals surface area contributed by atoms with E-state index in [9.17, 15) is 0 Å². The summed E-state index contributed by atoms with van der Waals surface area (Å²) in [7, 11) is 0. The quantitative estimate of drug-likeness (QED) is 0.250. The van der Waals surface area contributed by atoms with Gasteiger partial charge in [-0.3, -0.25) is 0 Å². The number of hydrogen-bond acceptors (Lipinski definition) is 0. The standard InChI is InChI=1S/C10H15.C6H11.C5H9.Ir/c1-6-7(2)9(4)10(5)8(6)3;1-3-5-6-4-2;1-3-5-4-2;/h1-5H3;3H,1-2,4-6H2;3,5H,1,4H2,2H3;/q2*-1;;/b;;5-3+;. The van der Waals surface area contributed by atoms with E-state index in [0.29, 0.717) is 0 Å². The zero-order valence-corrected chi connectivity index (χ0v) is 17.9. The van der Waals surface area contributed by atoms with Crippen LogP contribution in [0, 0.1) is 48.5 Å². The molecule has 0 N–H and O–H groups in total. The van der Waals surface area contributed by atoms with Gasteiger partial charge in [0, 0.05) is 20.1 Å². The van der Waals surface area contributed by atoms with Gasteiger partial charge in [-0.15, -0.1) is 6.58 Å². The van der Waals surface area contributed by atoms with Crippen molar-refractivity contribution in [3.63, 3.8) is 0 Å². The summed E-state index contributed by atoms with van der Waals surface area (Å²) < 4.78 is 0. The van der Waals surface area contributed by atoms with Crippen molar-refractivity contribution >= 4 is 0 Å². The fourth-order valence-electron chi connectivity index (χ4n) is 1.86. The molecule has 22 heavy (non-hydrogen) atoms. The Balaban J connectivity index is -0.000000262. The first-order chi connectivity index (χ1) is 9.88. The molecule has 130 valence electrons. The fourth-order valence-corrected chi connectivity index (χ4v) is 1.86. The second kappa shape index (κ2) is 16.8. The van der Waals surface area contributed by atoms with Crippen LogP contribution >= 0.6 is 0 Å². The second-order valence-electron chi connectivity index (χ2n) is 5.29. The van der Waals surface area contributed by atoms with E-state index in [1.165, 1.54) is 34.2 Å². The zero-order valence-electron chi connectivity index (χ0n) is 15.5. The van der Waals surface area contributed by atoms with Crippen LogP contribution in [0.15, 0.2) is 24.8 Å². The van der Waals surface area contributed by atoms with Crippen molar-refractivity contribution < 1.29 is 20.1 Å². The second-order valence-corrected chi connectivity index (χ2v) is 5.29. The number of hydrogen-bond donors (Lipinski definition) is 0. The molecule has 0 fully saturated rings. The molecule has 0 saturated carbocycles. The Morgan fingerprint density at radius 1 is 1.09 bits per heavy atom. The van der Waals surface area contributed by atoms with E-state index >= 15 is 0 Å². The first kappa shape index (κ1) is 26.4. The summed E-state index contributed by atoms with van der Waals surface area (Å²) >= 11 is 0. The molecule has 0 bridgehead atoms. The van der Waals surface area contributed by atoms with Gasteiger partial charge < -0.3 is 6.92 Å². The van der Waals surface area contributed by atoms with Gasteiger partial charge in [-0.1, -0.05) is 66.2 Å². The molecule has 0 aromatic heterocycles. The minimum absolute atomic E-state index is 0. The van der Waals surface area contributed by atoms with Crippen LogP contribution in [-0.4, -0.2) is 0 Å². The molecular weight excluding hydrogens is 444 g/mol. The van der Waals surface area contributed by atoms with E-state index in [4.69, 9.17) is 0 Å². The third kappa shape index (κ3) is 11.1. The predicted molar refractivity (Wildman–Crippen MR) is 99.9 cm³/mol. The fraction of sp³-hybridized carbons (Fsp3) is 0.476. The summed E-state index contributed by atoms with van der Waals surface area (Å²) in [6.07, 6.45) is 10.2. The van der Waals surface area contributed by atoms with Crippen LogP contribution in [0.4, 0.5) is 0 Å². The van der Waals surface area contributed by atoms with Crippen molar-refractivity contribution in [2.45, 2.75) is 67.2 Å². The smallest absolute Gasteiger partial charge is 0 e. The Hall–Kier alpha value is -0.521. The third-order valence-corrected chi connectivity index (χ3v) is 3.87. The Morgan fingerprint density at radius 2 is 1.55 bits per heavy atom. The van der Waals surface area contributed by atoms with Crippen molar-refractivity contribution in [1.82, 2.24) is 0 Å². The number of allylic oxidation sites excluding steroid dienone is 3. The van der Waals surface area contributed by atoms with Gasteiger partial charge in [0.25, 0.3) is 0 Å². The zero-order chi connectivity index (χ0) is 16.8. The maximum absolute atomic E-state index is 3.68. The normalized spacial score (nSPS) is 9.27. The van der Waals surface area contributed by atoms with Crippen LogP contribution in [0.3, 0.4) is 0 Å². The van der Waals surface area contributed by atoms with Crippen LogP contribution in [0.1, 0.15) is 60.4 Å². The largest absolute Gasteiger partial charge is 0.343 e. The molecule has 0 saturated heterocycles. The summed E-state index contributed by atoms with van der Waals surface area (Å²) in [5, 5.41) is 0. The summed E-state index contributed by atoms with van der Waals surface area (Å²) in [4.78, 5) is 0. The van der Waals surface area contributed by atoms with Crippen LogP contribution in [0.25, 0.3) is 0 Å². The molecule has 0 spiro atoms. The molecule has 2 radical (unpaired) electrons. The van der Waals surface area contributed by atoms with Gasteiger partial charge in [0.2, 0.25) is 0 Å². The van der Waals surface area contributed by atoms with E-state index in [0.717, 1.165) is 19.3 Å². The average molecular weight is 480 g/mol. The Kier molecular flexibility index (Phi) is 20.2. The van der Waals surface area contributed by atoms with E-state index in [2.05, 4.69) is 62.0 Å². The number of unbranched alkanes of at least 4 members (excludes halogenated alkanes) is 2. The van der Waals surface area contributed by atoms with Gasteiger partial charge in [-0.2, -0.15) is 34.2 Å². The Morgan fingerprint density at radius 3 is 1.64 bits per heavy atom. The minimum atomic E-state index is 0. The molecule has 1 aromatic rings. The molecular formula is C21H35Ir-2. The van der Waals surface area contributed by atoms with Gasteiger partial charge in [-0.05, 0) is 19.8 Å². The Labute approximate surface area is 153 Å². The van der Waals surface area contributed by atoms with Crippen LogP contribution in [-0.2, 0) is 20.1 Å². The Bertz CT molecular complexity index is 328. The maximum atomic E-state index is 3.68. The van der Waals surface area contributed by atoms with Gasteiger partial charge >= 0.3 is 0 Å². The third-order valence-electron chi connectivity index (χ3n) is 3.87. The first-order valence-electron chi connectivity index (χ1n) is 7.92. The molecule has 1 rings (SSSR count). The molecule has 0 amide bonds. The molecule has 0 aliphatic carbocycles. The SMILES string of the molecule is C=CCCC[CH2-].Cc1c(C)c(C)[c-](C)c1C.[CH2]/C=C/CC.[Ir]. The van der Waals surface area contributed by atoms with Gasteiger partial charge in [0.1, 0.15) is 0 Å². The van der Waals surface area contributed by atoms with Crippen LogP contribution in [0.5, 0.6) is 0 Å². The van der Waals surface area contributed by atoms with E-state index < -0.39 is 0 Å². The van der Waals surface area contributed by atoms with Crippen molar-refractivity contribution in [2.75, 3.05) is 0 Å². The molecule has 0 heterocycles. The molecule has 0 aliphatic rings. The van der Waals surface area contributed by atoms with E-state index in [1.54, 1.807) is 6.08 Å². The molecule has 0 nitrogen and oxygen atoms in total. The summed E-state index contributed by atoms with van der Waals surface area (Å²) in [6, 6.07) is 0. The molecule has 1 aromatic carbocycles. The van der Waals surface area contributed by atoms with Crippen molar-refractivity contribution in [1.29, 1.82) is 0 Å². The maximum Gasteiger partial charge on any atom is 0 e. The topological polar surface area (TPSA) is 0 Å².